The van der Waals surface area contributed by atoms with Crippen molar-refractivity contribution in [1.82, 2.24) is 10.2 Å². The van der Waals surface area contributed by atoms with Crippen molar-refractivity contribution < 1.29 is 14.4 Å². The van der Waals surface area contributed by atoms with Gasteiger partial charge in [0.1, 0.15) is 0 Å². The summed E-state index contributed by atoms with van der Waals surface area (Å²) in [5, 5.41) is 3.08. The molecule has 1 unspecified atom stereocenters. The summed E-state index contributed by atoms with van der Waals surface area (Å²) in [6, 6.07) is -0.218. The lowest BCUT2D eigenvalue weighted by atomic mass is 9.94. The Bertz CT molecular complexity index is 559. The Kier molecular flexibility index (Phi) is 21.7. The Morgan fingerprint density at radius 2 is 1.40 bits per heavy atom. The SMILES string of the molecule is CCCC(CC)CCCCCCCCC(=O)N[C@@H](CCCCN)CN(CC(N)=O)C(=O)CCCN. The molecule has 0 fully saturated rings. The molecule has 0 rings (SSSR count). The van der Waals surface area contributed by atoms with Crippen LogP contribution >= 0.6 is 0 Å². The van der Waals surface area contributed by atoms with Crippen LogP contribution in [-0.2, 0) is 14.4 Å². The van der Waals surface area contributed by atoms with Gasteiger partial charge in [-0.15, -0.1) is 0 Å². The third-order valence-corrected chi connectivity index (χ3v) is 6.65. The molecule has 0 aromatic rings. The molecule has 0 heterocycles. The highest BCUT2D eigenvalue weighted by molar-refractivity contribution is 5.84. The minimum atomic E-state index is -0.561. The average Bonchev–Trinajstić information content (AvgIpc) is 2.82. The third-order valence-electron chi connectivity index (χ3n) is 6.65. The fourth-order valence-corrected chi connectivity index (χ4v) is 4.55. The number of nitrogens with one attached hydrogen (secondary N) is 1. The first-order valence-electron chi connectivity index (χ1n) is 14.1. The van der Waals surface area contributed by atoms with Gasteiger partial charge in [-0.25, -0.2) is 0 Å². The van der Waals surface area contributed by atoms with Crippen molar-refractivity contribution in [3.05, 3.63) is 0 Å². The second kappa shape index (κ2) is 22.8. The summed E-state index contributed by atoms with van der Waals surface area (Å²) in [4.78, 5) is 38.1. The molecule has 206 valence electrons. The number of carbonyl (C=O) groups is 3. The van der Waals surface area contributed by atoms with Gasteiger partial charge in [-0.05, 0) is 44.7 Å². The highest BCUT2D eigenvalue weighted by Crippen LogP contribution is 2.19. The van der Waals surface area contributed by atoms with Crippen molar-refractivity contribution in [2.24, 2.45) is 23.1 Å². The van der Waals surface area contributed by atoms with Gasteiger partial charge in [-0.2, -0.15) is 0 Å². The largest absolute Gasteiger partial charge is 0.368 e. The molecule has 35 heavy (non-hydrogen) atoms. The lowest BCUT2D eigenvalue weighted by molar-refractivity contribution is -0.136. The predicted octanol–water partition coefficient (Wildman–Crippen LogP) is 3.60. The van der Waals surface area contributed by atoms with Crippen molar-refractivity contribution in [3.63, 3.8) is 0 Å². The number of nitrogens with two attached hydrogens (primary N) is 3. The fraction of sp³-hybridized carbons (Fsp3) is 0.889. The lowest BCUT2D eigenvalue weighted by Gasteiger charge is -2.28. The van der Waals surface area contributed by atoms with Crippen LogP contribution in [-0.4, -0.2) is 54.8 Å². The summed E-state index contributed by atoms with van der Waals surface area (Å²) in [6.07, 6.45) is 15.9. The number of hydrogen-bond donors (Lipinski definition) is 4. The van der Waals surface area contributed by atoms with Gasteiger partial charge in [0.2, 0.25) is 17.7 Å². The van der Waals surface area contributed by atoms with Gasteiger partial charge >= 0.3 is 0 Å². The van der Waals surface area contributed by atoms with Crippen molar-refractivity contribution >= 4 is 17.7 Å². The monoisotopic (exact) mass is 497 g/mol. The molecule has 3 amide bonds. The van der Waals surface area contributed by atoms with E-state index < -0.39 is 5.91 Å². The Balaban J connectivity index is 4.45. The van der Waals surface area contributed by atoms with Crippen LogP contribution in [0, 0.1) is 5.92 Å². The maximum atomic E-state index is 12.6. The molecule has 0 aliphatic carbocycles. The minimum absolute atomic E-state index is 0.00142. The second-order valence-corrected chi connectivity index (χ2v) is 9.90. The Labute approximate surface area is 214 Å². The zero-order valence-electron chi connectivity index (χ0n) is 22.7. The van der Waals surface area contributed by atoms with Gasteiger partial charge in [0.05, 0.1) is 6.54 Å². The van der Waals surface area contributed by atoms with E-state index in [2.05, 4.69) is 19.2 Å². The van der Waals surface area contributed by atoms with Crippen molar-refractivity contribution in [2.45, 2.75) is 123 Å². The Morgan fingerprint density at radius 1 is 0.771 bits per heavy atom. The first-order chi connectivity index (χ1) is 16.9. The van der Waals surface area contributed by atoms with Gasteiger partial charge in [0.15, 0.2) is 0 Å². The van der Waals surface area contributed by atoms with Crippen LogP contribution in [0.15, 0.2) is 0 Å². The van der Waals surface area contributed by atoms with E-state index in [1.165, 1.54) is 56.3 Å². The number of carbonyl (C=O) groups excluding carboxylic acids is 3. The molecule has 0 saturated heterocycles. The summed E-state index contributed by atoms with van der Waals surface area (Å²) >= 11 is 0. The van der Waals surface area contributed by atoms with Crippen LogP contribution in [0.25, 0.3) is 0 Å². The lowest BCUT2D eigenvalue weighted by Crippen LogP contribution is -2.48. The molecule has 2 atom stereocenters. The number of nitrogens with zero attached hydrogens (tertiary/aromatic N) is 1. The zero-order chi connectivity index (χ0) is 26.3. The maximum Gasteiger partial charge on any atom is 0.237 e. The number of hydrogen-bond acceptors (Lipinski definition) is 5. The zero-order valence-corrected chi connectivity index (χ0v) is 22.7. The summed E-state index contributed by atoms with van der Waals surface area (Å²) < 4.78 is 0. The third kappa shape index (κ3) is 19.2. The van der Waals surface area contributed by atoms with Crippen LogP contribution in [0.5, 0.6) is 0 Å². The molecule has 7 N–H and O–H groups in total. The fourth-order valence-electron chi connectivity index (χ4n) is 4.55. The van der Waals surface area contributed by atoms with Gasteiger partial charge in [0.25, 0.3) is 0 Å². The standard InChI is InChI=1S/C27H55N5O3/c1-3-14-23(4-2)15-9-7-5-6-8-10-17-26(34)31-24(16-11-12-19-28)21-32(22-25(30)33)27(35)18-13-20-29/h23-24H,3-22,28-29H2,1-2H3,(H2,30,33)(H,31,34)/t23?,24-/m0/s1. The topological polar surface area (TPSA) is 145 Å². The Hall–Kier alpha value is -1.67. The van der Waals surface area contributed by atoms with E-state index in [9.17, 15) is 14.4 Å². The molecule has 0 aromatic carbocycles. The Morgan fingerprint density at radius 3 is 2.00 bits per heavy atom. The molecule has 0 aliphatic heterocycles. The molecule has 0 aromatic heterocycles. The van der Waals surface area contributed by atoms with E-state index in [1.807, 2.05) is 0 Å². The number of amides is 3. The molecule has 0 saturated carbocycles. The molecule has 0 spiro atoms. The van der Waals surface area contributed by atoms with E-state index >= 15 is 0 Å². The van der Waals surface area contributed by atoms with E-state index in [-0.39, 0.29) is 37.4 Å². The maximum absolute atomic E-state index is 12.6. The van der Waals surface area contributed by atoms with Gasteiger partial charge in [-0.3, -0.25) is 14.4 Å². The average molecular weight is 498 g/mol. The van der Waals surface area contributed by atoms with Gasteiger partial charge < -0.3 is 27.4 Å². The molecular formula is C27H55N5O3. The summed E-state index contributed by atoms with van der Waals surface area (Å²) in [7, 11) is 0. The summed E-state index contributed by atoms with van der Waals surface area (Å²) in [5.41, 5.74) is 16.5. The van der Waals surface area contributed by atoms with Crippen LogP contribution in [0.4, 0.5) is 0 Å². The van der Waals surface area contributed by atoms with E-state index in [1.54, 1.807) is 0 Å². The molecule has 0 aliphatic rings. The highest BCUT2D eigenvalue weighted by atomic mass is 16.2. The second-order valence-electron chi connectivity index (χ2n) is 9.90. The first kappa shape index (κ1) is 33.3. The van der Waals surface area contributed by atoms with E-state index in [0.717, 1.165) is 31.6 Å². The summed E-state index contributed by atoms with van der Waals surface area (Å²) in [6.45, 7) is 5.68. The molecule has 0 radical (unpaired) electrons. The van der Waals surface area contributed by atoms with Crippen LogP contribution < -0.4 is 22.5 Å². The number of unbranched alkanes of at least 4 members (excludes halogenated alkanes) is 6. The predicted molar refractivity (Wildman–Crippen MR) is 145 cm³/mol. The smallest absolute Gasteiger partial charge is 0.237 e. The highest BCUT2D eigenvalue weighted by Gasteiger charge is 2.21. The van der Waals surface area contributed by atoms with Crippen molar-refractivity contribution in [2.75, 3.05) is 26.2 Å². The quantitative estimate of drug-likeness (QED) is 0.151. The molecule has 0 bridgehead atoms. The van der Waals surface area contributed by atoms with Crippen LogP contribution in [0.3, 0.4) is 0 Å². The van der Waals surface area contributed by atoms with E-state index in [4.69, 9.17) is 17.2 Å². The molecular weight excluding hydrogens is 442 g/mol. The number of rotatable bonds is 24. The molecule has 8 nitrogen and oxygen atoms in total. The molecule has 8 heteroatoms. The normalized spacial score (nSPS) is 12.8. The first-order valence-corrected chi connectivity index (χ1v) is 14.1. The van der Waals surface area contributed by atoms with Gasteiger partial charge in [-0.1, -0.05) is 78.1 Å². The number of primary amides is 1. The van der Waals surface area contributed by atoms with Gasteiger partial charge in [0, 0.05) is 25.4 Å². The van der Waals surface area contributed by atoms with Crippen molar-refractivity contribution in [1.29, 1.82) is 0 Å². The van der Waals surface area contributed by atoms with Crippen LogP contribution in [0.1, 0.15) is 117 Å². The minimum Gasteiger partial charge on any atom is -0.368 e. The van der Waals surface area contributed by atoms with E-state index in [0.29, 0.717) is 32.4 Å². The van der Waals surface area contributed by atoms with Crippen molar-refractivity contribution in [3.8, 4) is 0 Å². The van der Waals surface area contributed by atoms with Crippen LogP contribution in [0.2, 0.25) is 0 Å². The summed E-state index contributed by atoms with van der Waals surface area (Å²) in [5.74, 6) is 0.166.